The summed E-state index contributed by atoms with van der Waals surface area (Å²) in [5.74, 6) is 0.623. The van der Waals surface area contributed by atoms with Crippen molar-refractivity contribution in [3.05, 3.63) is 29.3 Å². The van der Waals surface area contributed by atoms with Crippen LogP contribution in [0.15, 0.2) is 18.2 Å². The summed E-state index contributed by atoms with van der Waals surface area (Å²) in [5, 5.41) is -0.621. The van der Waals surface area contributed by atoms with E-state index in [1.165, 1.54) is 6.92 Å². The van der Waals surface area contributed by atoms with Crippen LogP contribution in [0.2, 0.25) is 0 Å². The minimum absolute atomic E-state index is 0.0735. The highest BCUT2D eigenvalue weighted by atomic mass is 35.5. The van der Waals surface area contributed by atoms with Crippen LogP contribution in [-0.4, -0.2) is 12.9 Å². The first-order valence-electron chi connectivity index (χ1n) is 4.36. The number of ketones is 1. The second kappa shape index (κ2) is 4.47. The van der Waals surface area contributed by atoms with Gasteiger partial charge >= 0.3 is 0 Å². The zero-order valence-electron chi connectivity index (χ0n) is 8.50. The fourth-order valence-electron chi connectivity index (χ4n) is 1.37. The summed E-state index contributed by atoms with van der Waals surface area (Å²) in [6, 6.07) is 5.60. The van der Waals surface area contributed by atoms with Gasteiger partial charge in [0.05, 0.1) is 7.11 Å². The number of Topliss-reactive ketones (excluding diaryl/α,β-unsaturated/α-hetero) is 1. The van der Waals surface area contributed by atoms with Crippen molar-refractivity contribution in [1.29, 1.82) is 0 Å². The topological polar surface area (TPSA) is 26.3 Å². The van der Waals surface area contributed by atoms with Crippen molar-refractivity contribution < 1.29 is 9.53 Å². The largest absolute Gasteiger partial charge is 0.496 e. The number of halogens is 1. The second-order valence-electron chi connectivity index (χ2n) is 3.17. The third-order valence-electron chi connectivity index (χ3n) is 2.08. The molecule has 0 aliphatic carbocycles. The number of rotatable bonds is 3. The quantitative estimate of drug-likeness (QED) is 0.721. The van der Waals surface area contributed by atoms with Crippen LogP contribution in [0.5, 0.6) is 5.75 Å². The molecule has 0 aliphatic rings. The van der Waals surface area contributed by atoms with Gasteiger partial charge in [-0.2, -0.15) is 0 Å². The van der Waals surface area contributed by atoms with Gasteiger partial charge in [-0.05, 0) is 19.4 Å². The number of carbonyl (C=O) groups is 1. The molecule has 0 heterocycles. The Morgan fingerprint density at radius 3 is 2.64 bits per heavy atom. The van der Waals surface area contributed by atoms with Crippen LogP contribution < -0.4 is 4.74 Å². The van der Waals surface area contributed by atoms with Gasteiger partial charge in [0.25, 0.3) is 0 Å². The lowest BCUT2D eigenvalue weighted by atomic mass is 10.0. The molecular weight excluding hydrogens is 200 g/mol. The Morgan fingerprint density at radius 1 is 1.50 bits per heavy atom. The van der Waals surface area contributed by atoms with Crippen molar-refractivity contribution in [2.75, 3.05) is 7.11 Å². The monoisotopic (exact) mass is 212 g/mol. The maximum absolute atomic E-state index is 11.1. The third kappa shape index (κ3) is 2.07. The van der Waals surface area contributed by atoms with Crippen molar-refractivity contribution >= 4 is 17.4 Å². The molecule has 3 heteroatoms. The molecule has 1 aromatic carbocycles. The highest BCUT2D eigenvalue weighted by molar-refractivity contribution is 6.31. The minimum Gasteiger partial charge on any atom is -0.496 e. The van der Waals surface area contributed by atoms with Crippen LogP contribution in [-0.2, 0) is 4.79 Å². The van der Waals surface area contributed by atoms with E-state index >= 15 is 0 Å². The number of carbonyl (C=O) groups excluding carboxylic acids is 1. The molecule has 0 bridgehead atoms. The first-order chi connectivity index (χ1) is 6.57. The van der Waals surface area contributed by atoms with E-state index in [2.05, 4.69) is 0 Å². The van der Waals surface area contributed by atoms with Crippen molar-refractivity contribution in [1.82, 2.24) is 0 Å². The van der Waals surface area contributed by atoms with Crippen LogP contribution in [0.4, 0.5) is 0 Å². The van der Waals surface area contributed by atoms with E-state index in [-0.39, 0.29) is 5.78 Å². The van der Waals surface area contributed by atoms with Crippen LogP contribution in [0, 0.1) is 6.92 Å². The molecule has 0 amide bonds. The molecule has 1 rings (SSSR count). The van der Waals surface area contributed by atoms with Gasteiger partial charge < -0.3 is 4.74 Å². The number of hydrogen-bond acceptors (Lipinski definition) is 2. The first-order valence-corrected chi connectivity index (χ1v) is 4.79. The highest BCUT2D eigenvalue weighted by Crippen LogP contribution is 2.32. The van der Waals surface area contributed by atoms with Crippen LogP contribution in [0.3, 0.4) is 0 Å². The first kappa shape index (κ1) is 11.1. The molecule has 0 N–H and O–H groups in total. The van der Waals surface area contributed by atoms with Gasteiger partial charge in [0.15, 0.2) is 5.78 Å². The molecule has 0 saturated heterocycles. The molecule has 0 aromatic heterocycles. The van der Waals surface area contributed by atoms with Crippen LogP contribution in [0.25, 0.3) is 0 Å². The van der Waals surface area contributed by atoms with Crippen molar-refractivity contribution in [2.24, 2.45) is 0 Å². The van der Waals surface area contributed by atoms with Gasteiger partial charge in [0.1, 0.15) is 11.1 Å². The number of benzene rings is 1. The Balaban J connectivity index is 3.20. The average Bonchev–Trinajstić information content (AvgIpc) is 2.16. The fraction of sp³-hybridized carbons (Fsp3) is 0.364. The predicted molar refractivity (Wildman–Crippen MR) is 57.0 cm³/mol. The summed E-state index contributed by atoms with van der Waals surface area (Å²) in [5.41, 5.74) is 1.72. The lowest BCUT2D eigenvalue weighted by Gasteiger charge is -2.13. The maximum Gasteiger partial charge on any atom is 0.152 e. The number of para-hydroxylation sites is 1. The summed E-state index contributed by atoms with van der Waals surface area (Å²) >= 11 is 5.97. The molecule has 1 atom stereocenters. The van der Waals surface area contributed by atoms with Crippen molar-refractivity contribution in [2.45, 2.75) is 19.2 Å². The van der Waals surface area contributed by atoms with Gasteiger partial charge in [-0.1, -0.05) is 18.2 Å². The minimum atomic E-state index is -0.621. The Bertz CT molecular complexity index is 347. The van der Waals surface area contributed by atoms with Crippen LogP contribution >= 0.6 is 11.6 Å². The summed E-state index contributed by atoms with van der Waals surface area (Å²) < 4.78 is 5.21. The molecule has 0 spiro atoms. The number of hydrogen-bond donors (Lipinski definition) is 0. The smallest absolute Gasteiger partial charge is 0.152 e. The van der Waals surface area contributed by atoms with E-state index in [1.807, 2.05) is 25.1 Å². The van der Waals surface area contributed by atoms with E-state index in [1.54, 1.807) is 7.11 Å². The van der Waals surface area contributed by atoms with Gasteiger partial charge in [-0.25, -0.2) is 0 Å². The van der Waals surface area contributed by atoms with Gasteiger partial charge in [-0.15, -0.1) is 11.6 Å². The summed E-state index contributed by atoms with van der Waals surface area (Å²) in [4.78, 5) is 11.1. The Labute approximate surface area is 88.8 Å². The van der Waals surface area contributed by atoms with Gasteiger partial charge in [0, 0.05) is 5.56 Å². The average molecular weight is 213 g/mol. The zero-order chi connectivity index (χ0) is 10.7. The molecule has 0 saturated carbocycles. The zero-order valence-corrected chi connectivity index (χ0v) is 9.26. The highest BCUT2D eigenvalue weighted by Gasteiger charge is 2.18. The molecule has 14 heavy (non-hydrogen) atoms. The molecular formula is C11H13ClO2. The molecule has 1 aromatic rings. The molecule has 0 radical (unpaired) electrons. The SMILES string of the molecule is COc1c(C)cccc1C(Cl)C(C)=O. The molecule has 0 aliphatic heterocycles. The number of ether oxygens (including phenoxy) is 1. The van der Waals surface area contributed by atoms with Gasteiger partial charge in [-0.3, -0.25) is 4.79 Å². The Morgan fingerprint density at radius 2 is 2.14 bits per heavy atom. The summed E-state index contributed by atoms with van der Waals surface area (Å²) in [7, 11) is 1.58. The lowest BCUT2D eigenvalue weighted by Crippen LogP contribution is -2.04. The molecule has 0 fully saturated rings. The maximum atomic E-state index is 11.1. The van der Waals surface area contributed by atoms with E-state index in [9.17, 15) is 4.79 Å². The predicted octanol–water partition coefficient (Wildman–Crippen LogP) is 2.87. The standard InChI is InChI=1S/C11H13ClO2/c1-7-5-4-6-9(11(7)14-3)10(12)8(2)13/h4-6,10H,1-3H3. The van der Waals surface area contributed by atoms with E-state index in [0.29, 0.717) is 5.75 Å². The van der Waals surface area contributed by atoms with E-state index in [0.717, 1.165) is 11.1 Å². The molecule has 1 unspecified atom stereocenters. The second-order valence-corrected chi connectivity index (χ2v) is 3.61. The summed E-state index contributed by atoms with van der Waals surface area (Å²) in [6.07, 6.45) is 0. The Hall–Kier alpha value is -1.02. The normalized spacial score (nSPS) is 12.3. The van der Waals surface area contributed by atoms with Crippen molar-refractivity contribution in [3.8, 4) is 5.75 Å². The summed E-state index contributed by atoms with van der Waals surface area (Å²) in [6.45, 7) is 3.39. The van der Waals surface area contributed by atoms with Gasteiger partial charge in [0.2, 0.25) is 0 Å². The molecule has 2 nitrogen and oxygen atoms in total. The lowest BCUT2D eigenvalue weighted by molar-refractivity contribution is -0.116. The van der Waals surface area contributed by atoms with E-state index in [4.69, 9.17) is 16.3 Å². The fourth-order valence-corrected chi connectivity index (χ4v) is 1.54. The van der Waals surface area contributed by atoms with Crippen LogP contribution in [0.1, 0.15) is 23.4 Å². The number of methoxy groups -OCH3 is 1. The Kier molecular flexibility index (Phi) is 3.53. The van der Waals surface area contributed by atoms with E-state index < -0.39 is 5.38 Å². The number of alkyl halides is 1. The molecule has 76 valence electrons. The number of aryl methyl sites for hydroxylation is 1. The van der Waals surface area contributed by atoms with Crippen molar-refractivity contribution in [3.63, 3.8) is 0 Å². The third-order valence-corrected chi connectivity index (χ3v) is 2.62.